The van der Waals surface area contributed by atoms with Crippen molar-refractivity contribution in [2.24, 2.45) is 0 Å². The molecule has 4 atom stereocenters. The molecule has 9 nitrogen and oxygen atoms in total. The number of carbonyl (C=O) groups excluding carboxylic acids is 2. The van der Waals surface area contributed by atoms with E-state index < -0.39 is 36.4 Å². The lowest BCUT2D eigenvalue weighted by molar-refractivity contribution is -0.137. The summed E-state index contributed by atoms with van der Waals surface area (Å²) in [6.45, 7) is 0.281. The Hall–Kier alpha value is -3.14. The molecule has 0 saturated carbocycles. The Morgan fingerprint density at radius 3 is 1.63 bits per heavy atom. The van der Waals surface area contributed by atoms with E-state index in [-0.39, 0.29) is 19.0 Å². The van der Waals surface area contributed by atoms with E-state index in [1.807, 2.05) is 0 Å². The van der Waals surface area contributed by atoms with Gasteiger partial charge in [0.05, 0.1) is 31.5 Å². The van der Waals surface area contributed by atoms with Gasteiger partial charge in [0.25, 0.3) is 0 Å². The molecule has 2 fully saturated rings. The molecule has 3 unspecified atom stereocenters. The quantitative estimate of drug-likeness (QED) is 0.430. The Balaban J connectivity index is 1.34. The number of ether oxygens (including phenoxy) is 5. The van der Waals surface area contributed by atoms with E-state index in [1.165, 1.54) is 24.3 Å². The predicted molar refractivity (Wildman–Crippen MR) is 101 cm³/mol. The molecule has 0 bridgehead atoms. The fourth-order valence-corrected chi connectivity index (χ4v) is 3.42. The number of hydrogen-bond donors (Lipinski definition) is 1. The lowest BCUT2D eigenvalue weighted by Gasteiger charge is -2.17. The third kappa shape index (κ3) is 4.09. The molecular formula is C21H20O9. The zero-order valence-electron chi connectivity index (χ0n) is 16.1. The molecule has 2 saturated heterocycles. The van der Waals surface area contributed by atoms with Crippen LogP contribution < -0.4 is 9.62 Å². The molecular weight excluding hydrogens is 396 g/mol. The maximum Gasteiger partial charge on any atom is 0.338 e. The van der Waals surface area contributed by atoms with Gasteiger partial charge in [-0.1, -0.05) is 0 Å². The van der Waals surface area contributed by atoms with Crippen molar-refractivity contribution in [1.29, 1.82) is 0 Å². The van der Waals surface area contributed by atoms with Gasteiger partial charge in [0.2, 0.25) is 0 Å². The maximum absolute atomic E-state index is 12.4. The van der Waals surface area contributed by atoms with Crippen molar-refractivity contribution in [3.05, 3.63) is 59.7 Å². The lowest BCUT2D eigenvalue weighted by atomic mass is 10.1. The summed E-state index contributed by atoms with van der Waals surface area (Å²) in [6.07, 6.45) is -2.27. The van der Waals surface area contributed by atoms with Crippen LogP contribution in [0.2, 0.25) is 0 Å². The minimum atomic E-state index is -0.624. The Morgan fingerprint density at radius 2 is 1.23 bits per heavy atom. The van der Waals surface area contributed by atoms with Crippen LogP contribution in [0.5, 0.6) is 11.5 Å². The molecule has 0 amide bonds. The number of esters is 2. The van der Waals surface area contributed by atoms with Crippen molar-refractivity contribution in [2.75, 3.05) is 20.3 Å². The highest BCUT2D eigenvalue weighted by molar-refractivity contribution is 5.90. The van der Waals surface area contributed by atoms with Gasteiger partial charge < -0.3 is 28.6 Å². The Labute approximate surface area is 171 Å². The zero-order chi connectivity index (χ0) is 21.1. The van der Waals surface area contributed by atoms with Crippen LogP contribution in [-0.4, -0.2) is 61.9 Å². The Kier molecular flexibility index (Phi) is 5.84. The Bertz CT molecular complexity index is 818. The van der Waals surface area contributed by atoms with Crippen molar-refractivity contribution in [2.45, 2.75) is 24.4 Å². The molecule has 0 aromatic heterocycles. The summed E-state index contributed by atoms with van der Waals surface area (Å²) in [4.78, 5) is 28.8. The third-order valence-corrected chi connectivity index (χ3v) is 5.00. The van der Waals surface area contributed by atoms with Crippen LogP contribution in [0, 0.1) is 0 Å². The van der Waals surface area contributed by atoms with E-state index in [2.05, 4.69) is 4.89 Å². The summed E-state index contributed by atoms with van der Waals surface area (Å²) < 4.78 is 27.5. The smallest absolute Gasteiger partial charge is 0.338 e. The van der Waals surface area contributed by atoms with Gasteiger partial charge in [-0.2, -0.15) is 0 Å². The highest BCUT2D eigenvalue weighted by Gasteiger charge is 2.51. The SMILES string of the molecule is COc1ccc(C(=O)OC2COC3C2OC[C@H]3OC(=O)c2ccc(OO)cc2)cc1. The standard InChI is InChI=1S/C21H20O9/c1-25-14-6-2-12(3-7-14)20(22)28-16-10-26-19-17(11-27-18(16)19)29-21(23)13-4-8-15(30-24)9-5-13/h2-9,16-19,24H,10-11H2,1H3/t16?,17-,18?,19?/m1/s1. The maximum atomic E-state index is 12.4. The van der Waals surface area contributed by atoms with Gasteiger partial charge in [0.15, 0.2) is 18.0 Å². The molecule has 2 aliphatic rings. The van der Waals surface area contributed by atoms with E-state index in [0.717, 1.165) is 0 Å². The van der Waals surface area contributed by atoms with Crippen molar-refractivity contribution >= 4 is 11.9 Å². The molecule has 2 heterocycles. The molecule has 4 rings (SSSR count). The number of hydrogen-bond acceptors (Lipinski definition) is 9. The van der Waals surface area contributed by atoms with Gasteiger partial charge >= 0.3 is 11.9 Å². The number of methoxy groups -OCH3 is 1. The summed E-state index contributed by atoms with van der Waals surface area (Å²) in [5.74, 6) is -0.215. The number of benzene rings is 2. The fourth-order valence-electron chi connectivity index (χ4n) is 3.42. The van der Waals surface area contributed by atoms with E-state index in [1.54, 1.807) is 31.4 Å². The summed E-state index contributed by atoms with van der Waals surface area (Å²) in [7, 11) is 1.54. The van der Waals surface area contributed by atoms with Crippen LogP contribution in [0.1, 0.15) is 20.7 Å². The van der Waals surface area contributed by atoms with Crippen LogP contribution in [0.3, 0.4) is 0 Å². The number of fused-ring (bicyclic) bond motifs is 1. The summed E-state index contributed by atoms with van der Waals surface area (Å²) in [6, 6.07) is 12.4. The van der Waals surface area contributed by atoms with Gasteiger partial charge in [0.1, 0.15) is 18.0 Å². The molecule has 30 heavy (non-hydrogen) atoms. The van der Waals surface area contributed by atoms with Crippen molar-refractivity contribution < 1.29 is 43.4 Å². The first kappa shape index (κ1) is 20.1. The summed E-state index contributed by atoms with van der Waals surface area (Å²) in [5.41, 5.74) is 0.676. The minimum Gasteiger partial charge on any atom is -0.497 e. The van der Waals surface area contributed by atoms with Gasteiger partial charge in [-0.25, -0.2) is 14.8 Å². The molecule has 2 aromatic carbocycles. The molecule has 0 radical (unpaired) electrons. The first-order valence-electron chi connectivity index (χ1n) is 9.29. The van der Waals surface area contributed by atoms with Crippen LogP contribution in [0.15, 0.2) is 48.5 Å². The van der Waals surface area contributed by atoms with Crippen LogP contribution in [0.25, 0.3) is 0 Å². The second-order valence-corrected chi connectivity index (χ2v) is 6.83. The lowest BCUT2D eigenvalue weighted by Crippen LogP contribution is -2.36. The molecule has 2 aliphatic heterocycles. The normalized spacial score (nSPS) is 24.7. The van der Waals surface area contributed by atoms with Crippen LogP contribution in [0.4, 0.5) is 0 Å². The molecule has 0 spiro atoms. The fraction of sp³-hybridized carbons (Fsp3) is 0.333. The Morgan fingerprint density at radius 1 is 0.800 bits per heavy atom. The van der Waals surface area contributed by atoms with Crippen LogP contribution in [-0.2, 0) is 18.9 Å². The highest BCUT2D eigenvalue weighted by atomic mass is 17.1. The minimum absolute atomic E-state index is 0.134. The van der Waals surface area contributed by atoms with E-state index in [9.17, 15) is 9.59 Å². The van der Waals surface area contributed by atoms with Gasteiger partial charge in [-0.05, 0) is 48.5 Å². The van der Waals surface area contributed by atoms with Gasteiger partial charge in [-0.3, -0.25) is 0 Å². The molecule has 2 aromatic rings. The van der Waals surface area contributed by atoms with Crippen molar-refractivity contribution in [1.82, 2.24) is 0 Å². The van der Waals surface area contributed by atoms with Crippen LogP contribution >= 0.6 is 0 Å². The number of carbonyl (C=O) groups is 2. The van der Waals surface area contributed by atoms with Gasteiger partial charge in [-0.15, -0.1) is 0 Å². The van der Waals surface area contributed by atoms with E-state index in [4.69, 9.17) is 28.9 Å². The van der Waals surface area contributed by atoms with Gasteiger partial charge in [0, 0.05) is 0 Å². The first-order valence-corrected chi connectivity index (χ1v) is 9.29. The average molecular weight is 416 g/mol. The largest absolute Gasteiger partial charge is 0.497 e. The average Bonchev–Trinajstić information content (AvgIpc) is 3.37. The summed E-state index contributed by atoms with van der Waals surface area (Å²) >= 11 is 0. The number of rotatable bonds is 6. The van der Waals surface area contributed by atoms with Crippen molar-refractivity contribution in [3.63, 3.8) is 0 Å². The van der Waals surface area contributed by atoms with E-state index in [0.29, 0.717) is 16.9 Å². The summed E-state index contributed by atoms with van der Waals surface area (Å²) in [5, 5.41) is 8.59. The first-order chi connectivity index (χ1) is 14.6. The topological polar surface area (TPSA) is 110 Å². The van der Waals surface area contributed by atoms with E-state index >= 15 is 0 Å². The zero-order valence-corrected chi connectivity index (χ0v) is 16.1. The molecule has 1 N–H and O–H groups in total. The molecule has 0 aliphatic carbocycles. The monoisotopic (exact) mass is 416 g/mol. The predicted octanol–water partition coefficient (Wildman–Crippen LogP) is 2.10. The second kappa shape index (κ2) is 8.70. The molecule has 9 heteroatoms. The third-order valence-electron chi connectivity index (χ3n) is 5.00. The molecule has 158 valence electrons. The highest BCUT2D eigenvalue weighted by Crippen LogP contribution is 2.31. The van der Waals surface area contributed by atoms with Crippen molar-refractivity contribution in [3.8, 4) is 11.5 Å². The second-order valence-electron chi connectivity index (χ2n) is 6.83.